The fourth-order valence-corrected chi connectivity index (χ4v) is 10.8. The molecule has 2 atom stereocenters. The number of methoxy groups -OCH3 is 1. The van der Waals surface area contributed by atoms with Gasteiger partial charge in [-0.1, -0.05) is 0 Å². The van der Waals surface area contributed by atoms with Gasteiger partial charge in [-0.15, -0.1) is 0 Å². The van der Waals surface area contributed by atoms with Crippen molar-refractivity contribution in [2.45, 2.75) is 115 Å². The quantitative estimate of drug-likeness (QED) is 0.123. The second-order valence-electron chi connectivity index (χ2n) is 20.5. The highest BCUT2D eigenvalue weighted by Gasteiger charge is 2.48. The third-order valence-corrected chi connectivity index (χ3v) is 14.8. The summed E-state index contributed by atoms with van der Waals surface area (Å²) < 4.78 is 48.9. The number of esters is 1. The van der Waals surface area contributed by atoms with E-state index in [2.05, 4.69) is 41.8 Å². The minimum absolute atomic E-state index is 0.0185. The van der Waals surface area contributed by atoms with E-state index in [1.165, 1.54) is 29.0 Å². The number of aliphatic hydroxyl groups is 2. The van der Waals surface area contributed by atoms with E-state index in [1.54, 1.807) is 53.7 Å². The number of aliphatic hydroxyl groups excluding tert-OH is 2. The van der Waals surface area contributed by atoms with Gasteiger partial charge in [0, 0.05) is 61.2 Å². The summed E-state index contributed by atoms with van der Waals surface area (Å²) in [5, 5.41) is 22.7. The van der Waals surface area contributed by atoms with Crippen molar-refractivity contribution in [2.24, 2.45) is 17.6 Å². The molecule has 358 valence electrons. The van der Waals surface area contributed by atoms with Crippen molar-refractivity contribution in [3.8, 4) is 22.8 Å². The van der Waals surface area contributed by atoms with Gasteiger partial charge < -0.3 is 49.1 Å². The van der Waals surface area contributed by atoms with Crippen molar-refractivity contribution in [1.82, 2.24) is 28.9 Å². The molecule has 16 nitrogen and oxygen atoms in total. The zero-order valence-electron chi connectivity index (χ0n) is 38.1. The van der Waals surface area contributed by atoms with Gasteiger partial charge in [-0.2, -0.15) is 0 Å². The number of amides is 3. The summed E-state index contributed by atoms with van der Waals surface area (Å²) in [6.45, 7) is 12.0. The van der Waals surface area contributed by atoms with Gasteiger partial charge >= 0.3 is 18.2 Å². The Balaban J connectivity index is 0.000000168. The maximum Gasteiger partial charge on any atom is 0.410 e. The molecule has 0 spiro atoms. The molecule has 4 fully saturated rings. The van der Waals surface area contributed by atoms with Crippen molar-refractivity contribution < 1.29 is 52.4 Å². The van der Waals surface area contributed by atoms with Crippen LogP contribution in [0.1, 0.15) is 147 Å². The summed E-state index contributed by atoms with van der Waals surface area (Å²) in [7, 11) is 1.27. The zero-order chi connectivity index (χ0) is 48.3. The fraction of sp³-hybridized carbons (Fsp3) is 0.532. The number of hydrogen-bond donors (Lipinski definition) is 3. The maximum atomic E-state index is 14.3. The molecule has 4 N–H and O–H groups in total. The minimum atomic E-state index is -1.03. The lowest BCUT2D eigenvalue weighted by Crippen LogP contribution is -2.53. The lowest BCUT2D eigenvalue weighted by atomic mass is 9.75. The third kappa shape index (κ3) is 8.42. The average molecular weight is 1060 g/mol. The van der Waals surface area contributed by atoms with Crippen LogP contribution in [0.15, 0.2) is 33.2 Å². The van der Waals surface area contributed by atoms with Crippen molar-refractivity contribution in [3.05, 3.63) is 78.7 Å². The number of ether oxygens (including phenoxy) is 3. The van der Waals surface area contributed by atoms with Crippen LogP contribution < -0.4 is 5.73 Å². The highest BCUT2D eigenvalue weighted by atomic mass is 79.9. The molecule has 2 aromatic carbocycles. The van der Waals surface area contributed by atoms with E-state index >= 15 is 0 Å². The highest BCUT2D eigenvalue weighted by Crippen LogP contribution is 2.56. The number of likely N-dealkylation sites (tertiary alicyclic amines) is 2. The number of carbonyl (C=O) groups is 4. The summed E-state index contributed by atoms with van der Waals surface area (Å²) in [5.41, 5.74) is 8.48. The number of rotatable bonds is 6. The van der Waals surface area contributed by atoms with Crippen LogP contribution >= 0.6 is 31.9 Å². The predicted octanol–water partition coefficient (Wildman–Crippen LogP) is 8.45. The third-order valence-electron chi connectivity index (χ3n) is 13.6. The first kappa shape index (κ1) is 47.2. The molecule has 6 aliphatic heterocycles. The Morgan fingerprint density at radius 1 is 0.687 bits per heavy atom. The van der Waals surface area contributed by atoms with E-state index in [1.807, 2.05) is 9.13 Å². The van der Waals surface area contributed by atoms with Crippen LogP contribution in [0.2, 0.25) is 0 Å². The first-order valence-electron chi connectivity index (χ1n) is 22.4. The molecule has 2 aromatic heterocycles. The molecule has 4 aromatic rings. The molecule has 20 heteroatoms. The average Bonchev–Trinajstić information content (AvgIpc) is 3.60. The molecule has 2 unspecified atom stereocenters. The monoisotopic (exact) mass is 1060 g/mol. The van der Waals surface area contributed by atoms with Gasteiger partial charge in [0.05, 0.1) is 27.4 Å². The molecular formula is C47H53Br2F2N7O9. The Morgan fingerprint density at radius 2 is 1.06 bits per heavy atom. The number of benzene rings is 2. The van der Waals surface area contributed by atoms with Crippen LogP contribution in [0, 0.1) is 23.5 Å². The zero-order valence-corrected chi connectivity index (χ0v) is 41.3. The molecule has 3 amide bonds. The first-order chi connectivity index (χ1) is 31.4. The summed E-state index contributed by atoms with van der Waals surface area (Å²) in [6, 6.07) is 6.49. The molecule has 0 radical (unpaired) electrons. The maximum absolute atomic E-state index is 14.3. The van der Waals surface area contributed by atoms with E-state index in [0.29, 0.717) is 58.2 Å². The predicted molar refractivity (Wildman–Crippen MR) is 245 cm³/mol. The largest absolute Gasteiger partial charge is 0.464 e. The Kier molecular flexibility index (Phi) is 11.9. The van der Waals surface area contributed by atoms with E-state index in [0.717, 1.165) is 47.9 Å². The number of nitrogens with zero attached hydrogens (tertiary/aromatic N) is 6. The Bertz CT molecular complexity index is 2710. The molecule has 12 rings (SSSR count). The molecule has 2 saturated carbocycles. The Labute approximate surface area is 402 Å². The van der Waals surface area contributed by atoms with Gasteiger partial charge in [-0.05, 0) is 146 Å². The van der Waals surface area contributed by atoms with Crippen LogP contribution in [0.25, 0.3) is 22.8 Å². The minimum Gasteiger partial charge on any atom is -0.464 e. The first-order valence-corrected chi connectivity index (χ1v) is 23.9. The molecule has 8 heterocycles. The standard InChI is InChI=1S/C24H27BrFN3O5.C23H26BrFN4O4/c1-24(2,3)34-23(32)28-9-12(10-28)20(30)19-18(22(31)33-4)27-21-15-7-16(25)17(26)8-14(15)11-5-13(6-11)29(19)21;1-23(2,3)33-22(32)28-8-11(9-28)19(30)18-17(20(26)31)27-21-14-6-15(24)16(25)7-13(14)10-4-12(5-10)29(18)21/h7-8,11-13,20,30H,5-6,9-10H2,1-4H3;6-7,10-12,19,30H,4-5,8-9H2,1-3H3,(H2,26,31). The van der Waals surface area contributed by atoms with Crippen LogP contribution in [0.3, 0.4) is 0 Å². The molecule has 2 saturated heterocycles. The van der Waals surface area contributed by atoms with E-state index in [-0.39, 0.29) is 58.8 Å². The number of nitrogens with two attached hydrogens (primary N) is 1. The van der Waals surface area contributed by atoms with Gasteiger partial charge in [0.1, 0.15) is 46.7 Å². The summed E-state index contributed by atoms with van der Waals surface area (Å²) in [5.74, 6) is -1.18. The molecule has 2 aliphatic carbocycles. The van der Waals surface area contributed by atoms with Gasteiger partial charge in [0.2, 0.25) is 0 Å². The lowest BCUT2D eigenvalue weighted by molar-refractivity contribution is -0.0348. The number of hydrogen-bond acceptors (Lipinski definition) is 11. The highest BCUT2D eigenvalue weighted by molar-refractivity contribution is 9.10. The molecule has 67 heavy (non-hydrogen) atoms. The topological polar surface area (TPSA) is 205 Å². The molecule has 8 aliphatic rings. The normalized spacial score (nSPS) is 22.2. The van der Waals surface area contributed by atoms with Crippen LogP contribution in [-0.2, 0) is 14.2 Å². The lowest BCUT2D eigenvalue weighted by Gasteiger charge is -2.43. The number of halogens is 4. The SMILES string of the molecule is CC(C)(C)OC(=O)N1CC(C(O)c2c(C(N)=O)nc3n2C2CC(C2)c2cc(F)c(Br)cc2-3)C1.COC(=O)c1nc2n(c1C(O)C1CN(C(=O)OC(C)(C)C)C1)C1CC(C1)c1cc(F)c(Br)cc1-2. The van der Waals surface area contributed by atoms with Crippen LogP contribution in [0.4, 0.5) is 18.4 Å². The van der Waals surface area contributed by atoms with Crippen molar-refractivity contribution >= 4 is 55.9 Å². The second-order valence-corrected chi connectivity index (χ2v) is 22.2. The van der Waals surface area contributed by atoms with Gasteiger partial charge in [0.15, 0.2) is 11.4 Å². The summed E-state index contributed by atoms with van der Waals surface area (Å²) >= 11 is 6.51. The van der Waals surface area contributed by atoms with Crippen LogP contribution in [-0.4, -0.2) is 108 Å². The fourth-order valence-electron chi connectivity index (χ4n) is 10.1. The Morgan fingerprint density at radius 3 is 1.42 bits per heavy atom. The molecule has 4 bridgehead atoms. The number of carbonyl (C=O) groups excluding carboxylic acids is 4. The van der Waals surface area contributed by atoms with Gasteiger partial charge in [-0.3, -0.25) is 4.79 Å². The van der Waals surface area contributed by atoms with E-state index in [4.69, 9.17) is 19.9 Å². The Hall–Kier alpha value is -4.92. The van der Waals surface area contributed by atoms with Crippen molar-refractivity contribution in [1.29, 1.82) is 0 Å². The van der Waals surface area contributed by atoms with Gasteiger partial charge in [-0.25, -0.2) is 33.1 Å². The van der Waals surface area contributed by atoms with E-state index in [9.17, 15) is 38.2 Å². The number of imidazole rings is 2. The molecular weight excluding hydrogens is 1000 g/mol. The van der Waals surface area contributed by atoms with Crippen molar-refractivity contribution in [2.75, 3.05) is 33.3 Å². The smallest absolute Gasteiger partial charge is 0.410 e. The summed E-state index contributed by atoms with van der Waals surface area (Å²) in [4.78, 5) is 61.9. The van der Waals surface area contributed by atoms with E-state index < -0.39 is 47.5 Å². The summed E-state index contributed by atoms with van der Waals surface area (Å²) in [6.07, 6.45) is 0.151. The number of aromatic nitrogens is 4. The van der Waals surface area contributed by atoms with Crippen LogP contribution in [0.5, 0.6) is 0 Å². The second kappa shape index (κ2) is 16.9. The van der Waals surface area contributed by atoms with Crippen molar-refractivity contribution in [3.63, 3.8) is 0 Å². The van der Waals surface area contributed by atoms with Gasteiger partial charge in [0.25, 0.3) is 5.91 Å². The number of primary amides is 1.